The smallest absolute Gasteiger partial charge is 0.382 e. The van der Waals surface area contributed by atoms with Gasteiger partial charge in [0.05, 0.1) is 28.7 Å². The zero-order chi connectivity index (χ0) is 26.6. The Morgan fingerprint density at radius 3 is 2.76 bits per heavy atom. The van der Waals surface area contributed by atoms with Crippen LogP contribution in [0.5, 0.6) is 0 Å². The van der Waals surface area contributed by atoms with Crippen molar-refractivity contribution in [2.75, 3.05) is 32.0 Å². The first-order valence-electron chi connectivity index (χ1n) is 12.2. The largest absolute Gasteiger partial charge is 0.417 e. The molecule has 0 aliphatic carbocycles. The quantitative estimate of drug-likeness (QED) is 0.472. The lowest BCUT2D eigenvalue weighted by molar-refractivity contribution is -0.0688. The highest BCUT2D eigenvalue weighted by Gasteiger charge is 2.35. The van der Waals surface area contributed by atoms with Gasteiger partial charge in [-0.2, -0.15) is 18.3 Å². The first-order chi connectivity index (χ1) is 17.6. The number of hydrogen-bond donors (Lipinski definition) is 2. The molecule has 1 amide bonds. The van der Waals surface area contributed by atoms with Crippen molar-refractivity contribution < 1.29 is 18.0 Å². The van der Waals surface area contributed by atoms with Gasteiger partial charge in [0.15, 0.2) is 0 Å². The van der Waals surface area contributed by atoms with Crippen LogP contribution in [0, 0.1) is 0 Å². The number of allylic oxidation sites excluding steroid dienone is 1. The van der Waals surface area contributed by atoms with Crippen molar-refractivity contribution in [2.45, 2.75) is 31.5 Å². The number of hydrogen-bond acceptors (Lipinski definition) is 5. The van der Waals surface area contributed by atoms with E-state index in [4.69, 9.17) is 0 Å². The molecule has 10 heteroatoms. The van der Waals surface area contributed by atoms with Crippen LogP contribution in [0.15, 0.2) is 49.3 Å². The van der Waals surface area contributed by atoms with Crippen molar-refractivity contribution >= 4 is 34.0 Å². The molecule has 2 aromatic heterocycles. The van der Waals surface area contributed by atoms with Gasteiger partial charge in [-0.25, -0.2) is 4.98 Å². The summed E-state index contributed by atoms with van der Waals surface area (Å²) < 4.78 is 42.6. The van der Waals surface area contributed by atoms with Crippen LogP contribution in [0.2, 0.25) is 0 Å². The van der Waals surface area contributed by atoms with E-state index in [-0.39, 0.29) is 24.2 Å². The number of nitrogens with zero attached hydrogens (tertiary/aromatic N) is 4. The highest BCUT2D eigenvalue weighted by atomic mass is 19.4. The third-order valence-corrected chi connectivity index (χ3v) is 6.47. The van der Waals surface area contributed by atoms with Crippen LogP contribution in [0.1, 0.15) is 41.0 Å². The Kier molecular flexibility index (Phi) is 7.97. The number of likely N-dealkylation sites (tertiary alicyclic amines) is 1. The second kappa shape index (κ2) is 11.2. The fourth-order valence-corrected chi connectivity index (χ4v) is 4.45. The minimum Gasteiger partial charge on any atom is -0.382 e. The molecule has 3 aromatic rings. The number of rotatable bonds is 7. The van der Waals surface area contributed by atoms with E-state index in [1.54, 1.807) is 43.6 Å². The Morgan fingerprint density at radius 1 is 1.22 bits per heavy atom. The SMILES string of the molecule is C=C(c1nc(/C=C/CNC(=O)c2cnn(C)c2)cc2c(N[C@H]3CCCN(C)CC3)cccc12)C(F)(F)F. The van der Waals surface area contributed by atoms with Crippen LogP contribution in [0.3, 0.4) is 0 Å². The Balaban J connectivity index is 1.62. The zero-order valence-corrected chi connectivity index (χ0v) is 21.0. The van der Waals surface area contributed by atoms with Crippen molar-refractivity contribution in [1.29, 1.82) is 0 Å². The third kappa shape index (κ3) is 6.56. The molecule has 0 spiro atoms. The Morgan fingerprint density at radius 2 is 2.03 bits per heavy atom. The highest BCUT2D eigenvalue weighted by molar-refractivity contribution is 6.01. The topological polar surface area (TPSA) is 75.1 Å². The number of pyridine rings is 1. The Labute approximate surface area is 214 Å². The summed E-state index contributed by atoms with van der Waals surface area (Å²) >= 11 is 0. The number of fused-ring (bicyclic) bond motifs is 1. The fourth-order valence-electron chi connectivity index (χ4n) is 4.45. The number of carbonyl (C=O) groups excluding carboxylic acids is 1. The molecule has 0 saturated carbocycles. The number of halogens is 3. The van der Waals surface area contributed by atoms with E-state index in [2.05, 4.69) is 39.2 Å². The molecular formula is C27H31F3N6O. The maximum atomic E-state index is 13.7. The molecular weight excluding hydrogens is 481 g/mol. The molecule has 1 fully saturated rings. The number of amides is 1. The number of aryl methyl sites for hydroxylation is 1. The van der Waals surface area contributed by atoms with E-state index >= 15 is 0 Å². The predicted octanol–water partition coefficient (Wildman–Crippen LogP) is 4.88. The molecule has 0 unspecified atom stereocenters. The predicted molar refractivity (Wildman–Crippen MR) is 140 cm³/mol. The minimum atomic E-state index is -4.62. The van der Waals surface area contributed by atoms with Crippen LogP contribution in [-0.2, 0) is 7.05 Å². The van der Waals surface area contributed by atoms with Gasteiger partial charge in [-0.05, 0) is 57.6 Å². The molecule has 1 aliphatic heterocycles. The summed E-state index contributed by atoms with van der Waals surface area (Å²) in [6.07, 6.45) is 4.68. The second-order valence-corrected chi connectivity index (χ2v) is 9.36. The van der Waals surface area contributed by atoms with E-state index in [0.717, 1.165) is 38.0 Å². The Bertz CT molecular complexity index is 1310. The van der Waals surface area contributed by atoms with Gasteiger partial charge in [-0.15, -0.1) is 0 Å². The van der Waals surface area contributed by atoms with Crippen LogP contribution in [0.4, 0.5) is 18.9 Å². The van der Waals surface area contributed by atoms with Crippen molar-refractivity contribution in [3.8, 4) is 0 Å². The van der Waals surface area contributed by atoms with E-state index < -0.39 is 11.7 Å². The van der Waals surface area contributed by atoms with Gasteiger partial charge < -0.3 is 15.5 Å². The van der Waals surface area contributed by atoms with Gasteiger partial charge in [0.1, 0.15) is 0 Å². The summed E-state index contributed by atoms with van der Waals surface area (Å²) in [6, 6.07) is 7.26. The molecule has 0 radical (unpaired) electrons. The maximum Gasteiger partial charge on any atom is 0.417 e. The van der Waals surface area contributed by atoms with E-state index in [9.17, 15) is 18.0 Å². The molecule has 0 bridgehead atoms. The normalized spacial score (nSPS) is 17.2. The first kappa shape index (κ1) is 26.4. The summed E-state index contributed by atoms with van der Waals surface area (Å²) in [4.78, 5) is 18.8. The van der Waals surface area contributed by atoms with E-state index in [0.29, 0.717) is 22.0 Å². The summed E-state index contributed by atoms with van der Waals surface area (Å²) in [5.41, 5.74) is 0.340. The average molecular weight is 513 g/mol. The summed E-state index contributed by atoms with van der Waals surface area (Å²) in [5, 5.41) is 11.3. The monoisotopic (exact) mass is 512 g/mol. The van der Waals surface area contributed by atoms with E-state index in [1.807, 2.05) is 6.07 Å². The number of anilines is 1. The second-order valence-electron chi connectivity index (χ2n) is 9.36. The van der Waals surface area contributed by atoms with Crippen molar-refractivity contribution in [3.63, 3.8) is 0 Å². The molecule has 7 nitrogen and oxygen atoms in total. The number of carbonyl (C=O) groups is 1. The molecule has 1 aromatic carbocycles. The summed E-state index contributed by atoms with van der Waals surface area (Å²) in [6.45, 7) is 5.47. The van der Waals surface area contributed by atoms with Crippen LogP contribution >= 0.6 is 0 Å². The number of benzene rings is 1. The first-order valence-corrected chi connectivity index (χ1v) is 12.2. The third-order valence-electron chi connectivity index (χ3n) is 6.47. The number of nitrogens with one attached hydrogen (secondary N) is 2. The van der Waals surface area contributed by atoms with Crippen molar-refractivity contribution in [2.24, 2.45) is 7.05 Å². The molecule has 2 N–H and O–H groups in total. The van der Waals surface area contributed by atoms with Crippen molar-refractivity contribution in [3.05, 3.63) is 66.3 Å². The number of aromatic nitrogens is 3. The summed E-state index contributed by atoms with van der Waals surface area (Å²) in [7, 11) is 3.81. The van der Waals surface area contributed by atoms with Gasteiger partial charge in [0.2, 0.25) is 0 Å². The van der Waals surface area contributed by atoms with Crippen LogP contribution in [0.25, 0.3) is 22.4 Å². The Hall–Kier alpha value is -3.66. The molecule has 1 atom stereocenters. The van der Waals surface area contributed by atoms with Crippen LogP contribution < -0.4 is 10.6 Å². The lowest BCUT2D eigenvalue weighted by Crippen LogP contribution is -2.23. The van der Waals surface area contributed by atoms with E-state index in [1.165, 1.54) is 10.9 Å². The molecule has 196 valence electrons. The molecule has 1 saturated heterocycles. The lowest BCUT2D eigenvalue weighted by Gasteiger charge is -2.21. The minimum absolute atomic E-state index is 0.179. The molecule has 4 rings (SSSR count). The maximum absolute atomic E-state index is 13.7. The standard InChI is InChI=1S/C27H31F3N6O/c1-18(27(28,29)30)25-22-9-4-10-24(33-20-8-6-13-35(2)14-11-20)23(22)15-21(34-25)7-5-12-31-26(37)19-16-32-36(3)17-19/h4-5,7,9-10,15-17,20,33H,1,6,8,11-14H2,2-3H3,(H,31,37)/b7-5+/t20-/m0/s1. The number of alkyl halides is 3. The lowest BCUT2D eigenvalue weighted by atomic mass is 10.0. The van der Waals surface area contributed by atoms with Gasteiger partial charge in [-0.3, -0.25) is 9.48 Å². The molecule has 3 heterocycles. The average Bonchev–Trinajstić information content (AvgIpc) is 3.19. The molecule has 1 aliphatic rings. The summed E-state index contributed by atoms with van der Waals surface area (Å²) in [5.74, 6) is -0.295. The fraction of sp³-hybridized carbons (Fsp3) is 0.370. The highest BCUT2D eigenvalue weighted by Crippen LogP contribution is 2.37. The van der Waals surface area contributed by atoms with Gasteiger partial charge in [0.25, 0.3) is 5.91 Å². The van der Waals surface area contributed by atoms with Crippen molar-refractivity contribution in [1.82, 2.24) is 25.0 Å². The molecule has 37 heavy (non-hydrogen) atoms. The van der Waals surface area contributed by atoms with Gasteiger partial charge in [0, 0.05) is 42.3 Å². The van der Waals surface area contributed by atoms with Crippen LogP contribution in [-0.4, -0.2) is 64.5 Å². The zero-order valence-electron chi connectivity index (χ0n) is 21.0. The van der Waals surface area contributed by atoms with Gasteiger partial charge in [-0.1, -0.05) is 24.8 Å². The van der Waals surface area contributed by atoms with Gasteiger partial charge >= 0.3 is 6.18 Å².